The average molecular weight is 220 g/mol. The highest BCUT2D eigenvalue weighted by Gasteiger charge is 2.04. The van der Waals surface area contributed by atoms with Crippen LogP contribution in [0.4, 0.5) is 0 Å². The van der Waals surface area contributed by atoms with E-state index < -0.39 is 0 Å². The Morgan fingerprint density at radius 1 is 1.00 bits per heavy atom. The fourth-order valence-corrected chi connectivity index (χ4v) is 1.93. The Balaban J connectivity index is 2.31. The van der Waals surface area contributed by atoms with Gasteiger partial charge in [-0.3, -0.25) is 4.79 Å². The monoisotopic (exact) mass is 220 g/mol. The second-order valence-corrected chi connectivity index (χ2v) is 3.89. The number of nitrogens with one attached hydrogen (secondary N) is 1. The Bertz CT molecular complexity index is 714. The van der Waals surface area contributed by atoms with Crippen LogP contribution in [0.5, 0.6) is 0 Å². The molecule has 2 heteroatoms. The molecule has 0 unspecified atom stereocenters. The molecular weight excluding hydrogens is 210 g/mol. The molecule has 0 aliphatic rings. The fraction of sp³-hybridized carbons (Fsp3) is 0. The Labute approximate surface area is 98.6 Å². The van der Waals surface area contributed by atoms with Gasteiger partial charge in [0.15, 0.2) is 0 Å². The summed E-state index contributed by atoms with van der Waals surface area (Å²) in [6.45, 7) is 0. The smallest absolute Gasteiger partial charge is 0.256 e. The van der Waals surface area contributed by atoms with Gasteiger partial charge in [0.25, 0.3) is 5.56 Å². The van der Waals surface area contributed by atoms with Crippen LogP contribution < -0.4 is 5.56 Å². The molecule has 1 heterocycles. The number of aromatic nitrogens is 1. The van der Waals surface area contributed by atoms with Crippen molar-refractivity contribution < 1.29 is 0 Å². The number of hydrogen-bond donors (Lipinski definition) is 1. The topological polar surface area (TPSA) is 32.9 Å². The van der Waals surface area contributed by atoms with E-state index in [1.807, 2.05) is 54.6 Å². The number of aromatic amines is 1. The van der Waals surface area contributed by atoms with Crippen LogP contribution in [0.1, 0.15) is 0 Å². The standard InChI is InChI=1S/C15H10NO/c17-15-13(11-6-2-1-3-7-11)10-12-8-4-5-9-14(12)16-15/h2-10H,(H,16,17). The zero-order chi connectivity index (χ0) is 11.7. The molecule has 81 valence electrons. The molecule has 17 heavy (non-hydrogen) atoms. The molecule has 0 fully saturated rings. The lowest BCUT2D eigenvalue weighted by Gasteiger charge is -2.02. The van der Waals surface area contributed by atoms with Gasteiger partial charge >= 0.3 is 0 Å². The van der Waals surface area contributed by atoms with E-state index in [-0.39, 0.29) is 5.56 Å². The Morgan fingerprint density at radius 2 is 1.76 bits per heavy atom. The number of H-pyrrole nitrogens is 1. The van der Waals surface area contributed by atoms with Crippen molar-refractivity contribution in [2.45, 2.75) is 0 Å². The van der Waals surface area contributed by atoms with Crippen molar-refractivity contribution in [2.24, 2.45) is 0 Å². The molecule has 0 amide bonds. The second-order valence-electron chi connectivity index (χ2n) is 3.89. The minimum absolute atomic E-state index is 0.0603. The van der Waals surface area contributed by atoms with Crippen LogP contribution in [0.15, 0.2) is 59.4 Å². The minimum Gasteiger partial charge on any atom is -0.321 e. The van der Waals surface area contributed by atoms with E-state index in [0.29, 0.717) is 5.56 Å². The van der Waals surface area contributed by atoms with E-state index in [2.05, 4.69) is 11.1 Å². The molecule has 0 atom stereocenters. The predicted molar refractivity (Wildman–Crippen MR) is 68.8 cm³/mol. The summed E-state index contributed by atoms with van der Waals surface area (Å²) >= 11 is 0. The van der Waals surface area contributed by atoms with Gasteiger partial charge in [-0.1, -0.05) is 42.5 Å². The van der Waals surface area contributed by atoms with Gasteiger partial charge in [0.05, 0.1) is 0 Å². The highest BCUT2D eigenvalue weighted by atomic mass is 16.1. The zero-order valence-electron chi connectivity index (χ0n) is 9.10. The first kappa shape index (κ1) is 9.85. The summed E-state index contributed by atoms with van der Waals surface area (Å²) in [5, 5.41) is 1.04. The van der Waals surface area contributed by atoms with Crippen molar-refractivity contribution in [3.05, 3.63) is 71.0 Å². The largest absolute Gasteiger partial charge is 0.321 e. The summed E-state index contributed by atoms with van der Waals surface area (Å²) in [4.78, 5) is 14.9. The molecule has 0 aliphatic heterocycles. The van der Waals surface area contributed by atoms with Crippen LogP contribution in [0, 0.1) is 6.07 Å². The van der Waals surface area contributed by atoms with Crippen LogP contribution in [0.2, 0.25) is 0 Å². The van der Waals surface area contributed by atoms with E-state index in [9.17, 15) is 4.79 Å². The van der Waals surface area contributed by atoms with Gasteiger partial charge in [0.2, 0.25) is 0 Å². The van der Waals surface area contributed by atoms with Gasteiger partial charge in [-0.05, 0) is 29.1 Å². The number of fused-ring (bicyclic) bond motifs is 1. The molecule has 1 N–H and O–H groups in total. The maximum atomic E-state index is 12.0. The van der Waals surface area contributed by atoms with Gasteiger partial charge < -0.3 is 4.98 Å². The lowest BCUT2D eigenvalue weighted by Crippen LogP contribution is -2.08. The molecule has 2 nitrogen and oxygen atoms in total. The molecule has 3 aromatic rings. The maximum absolute atomic E-state index is 12.0. The first-order valence-electron chi connectivity index (χ1n) is 5.43. The Hall–Kier alpha value is -2.35. The number of pyridine rings is 1. The summed E-state index contributed by atoms with van der Waals surface area (Å²) in [6.07, 6.45) is 0. The normalized spacial score (nSPS) is 10.6. The van der Waals surface area contributed by atoms with Crippen molar-refractivity contribution in [1.29, 1.82) is 0 Å². The van der Waals surface area contributed by atoms with Crippen LogP contribution in [-0.4, -0.2) is 4.98 Å². The third kappa shape index (κ3) is 1.74. The third-order valence-electron chi connectivity index (χ3n) is 2.78. The summed E-state index contributed by atoms with van der Waals surface area (Å²) < 4.78 is 0. The quantitative estimate of drug-likeness (QED) is 0.671. The van der Waals surface area contributed by atoms with E-state index in [1.54, 1.807) is 0 Å². The summed E-state index contributed by atoms with van der Waals surface area (Å²) in [6, 6.07) is 20.0. The maximum Gasteiger partial charge on any atom is 0.256 e. The lowest BCUT2D eigenvalue weighted by molar-refractivity contribution is 1.31. The molecule has 3 rings (SSSR count). The van der Waals surface area contributed by atoms with Crippen molar-refractivity contribution in [3.8, 4) is 11.1 Å². The molecule has 0 bridgehead atoms. The van der Waals surface area contributed by atoms with Gasteiger partial charge in [0, 0.05) is 11.1 Å². The molecule has 0 spiro atoms. The summed E-state index contributed by atoms with van der Waals surface area (Å²) in [5.74, 6) is 0. The fourth-order valence-electron chi connectivity index (χ4n) is 1.93. The zero-order valence-corrected chi connectivity index (χ0v) is 9.10. The van der Waals surface area contributed by atoms with Crippen LogP contribution in [-0.2, 0) is 0 Å². The first-order valence-corrected chi connectivity index (χ1v) is 5.43. The first-order chi connectivity index (χ1) is 8.34. The molecule has 0 saturated carbocycles. The minimum atomic E-state index is -0.0603. The predicted octanol–water partition coefficient (Wildman–Crippen LogP) is 3.00. The van der Waals surface area contributed by atoms with Crippen molar-refractivity contribution in [3.63, 3.8) is 0 Å². The molecular formula is C15H10NO. The van der Waals surface area contributed by atoms with Gasteiger partial charge in [-0.25, -0.2) is 0 Å². The van der Waals surface area contributed by atoms with Gasteiger partial charge in [-0.2, -0.15) is 0 Å². The second kappa shape index (κ2) is 3.91. The number of hydrogen-bond acceptors (Lipinski definition) is 1. The van der Waals surface area contributed by atoms with Crippen LogP contribution in [0.3, 0.4) is 0 Å². The molecule has 0 aliphatic carbocycles. The van der Waals surface area contributed by atoms with Crippen molar-refractivity contribution >= 4 is 10.9 Å². The number of benzene rings is 2. The molecule has 0 saturated heterocycles. The lowest BCUT2D eigenvalue weighted by atomic mass is 10.1. The third-order valence-corrected chi connectivity index (χ3v) is 2.78. The van der Waals surface area contributed by atoms with Crippen LogP contribution >= 0.6 is 0 Å². The summed E-state index contributed by atoms with van der Waals surface area (Å²) in [7, 11) is 0. The Kier molecular flexibility index (Phi) is 2.26. The molecule has 2 aromatic carbocycles. The molecule has 1 radical (unpaired) electrons. The summed E-state index contributed by atoms with van der Waals surface area (Å²) in [5.41, 5.74) is 2.41. The van der Waals surface area contributed by atoms with E-state index in [1.165, 1.54) is 0 Å². The highest BCUT2D eigenvalue weighted by Crippen LogP contribution is 2.18. The number of rotatable bonds is 1. The van der Waals surface area contributed by atoms with Crippen molar-refractivity contribution in [1.82, 2.24) is 4.98 Å². The van der Waals surface area contributed by atoms with Gasteiger partial charge in [-0.15, -0.1) is 0 Å². The molecule has 1 aromatic heterocycles. The SMILES string of the molecule is O=c1[nH]c2ccccc2cc1-c1cc[c]cc1. The van der Waals surface area contributed by atoms with E-state index >= 15 is 0 Å². The highest BCUT2D eigenvalue weighted by molar-refractivity contribution is 5.83. The number of para-hydroxylation sites is 1. The van der Waals surface area contributed by atoms with Crippen molar-refractivity contribution in [2.75, 3.05) is 0 Å². The van der Waals surface area contributed by atoms with Crippen LogP contribution in [0.25, 0.3) is 22.0 Å². The Morgan fingerprint density at radius 3 is 2.59 bits per heavy atom. The van der Waals surface area contributed by atoms with E-state index in [0.717, 1.165) is 16.5 Å². The average Bonchev–Trinajstić information content (AvgIpc) is 2.39. The van der Waals surface area contributed by atoms with E-state index in [4.69, 9.17) is 0 Å². The van der Waals surface area contributed by atoms with Gasteiger partial charge in [0.1, 0.15) is 0 Å².